The lowest BCUT2D eigenvalue weighted by Gasteiger charge is -2.23. The predicted molar refractivity (Wildman–Crippen MR) is 113 cm³/mol. The molecule has 0 aromatic heterocycles. The van der Waals surface area contributed by atoms with Gasteiger partial charge >= 0.3 is 0 Å². The van der Waals surface area contributed by atoms with Gasteiger partial charge in [0.25, 0.3) is 0 Å². The Bertz CT molecular complexity index is 251. The molecule has 0 spiro atoms. The molecule has 0 atom stereocenters. The Morgan fingerprint density at radius 2 is 0.800 bits per heavy atom. The van der Waals surface area contributed by atoms with Crippen LogP contribution in [0.5, 0.6) is 0 Å². The first-order valence-corrected chi connectivity index (χ1v) is 14.3. The molecule has 0 N–H and O–H groups in total. The van der Waals surface area contributed by atoms with E-state index in [1.165, 1.54) is 17.8 Å². The molecule has 0 saturated carbocycles. The Kier molecular flexibility index (Phi) is 15.5. The van der Waals surface area contributed by atoms with Crippen LogP contribution in [-0.4, -0.2) is 56.0 Å². The summed E-state index contributed by atoms with van der Waals surface area (Å²) >= 11 is 0. The molecule has 0 unspecified atom stereocenters. The fraction of sp³-hybridized carbons (Fsp3) is 1.00. The van der Waals surface area contributed by atoms with E-state index in [4.69, 9.17) is 18.9 Å². The van der Waals surface area contributed by atoms with Crippen molar-refractivity contribution < 1.29 is 18.9 Å². The molecule has 0 aliphatic heterocycles. The molecule has 0 aliphatic rings. The molecule has 0 rings (SSSR count). The fourth-order valence-electron chi connectivity index (χ4n) is 2.70. The Hall–Kier alpha value is 0.274. The Morgan fingerprint density at radius 1 is 0.520 bits per heavy atom. The van der Waals surface area contributed by atoms with Crippen molar-refractivity contribution in [3.05, 3.63) is 0 Å². The van der Waals surface area contributed by atoms with Crippen LogP contribution >= 0.6 is 0 Å². The second kappa shape index (κ2) is 15.3. The van der Waals surface area contributed by atoms with Crippen molar-refractivity contribution in [2.24, 2.45) is 0 Å². The summed E-state index contributed by atoms with van der Waals surface area (Å²) in [7, 11) is 0.0642. The normalized spacial score (nSPS) is 13.7. The summed E-state index contributed by atoms with van der Waals surface area (Å²) in [5, 5.41) is 0. The maximum atomic E-state index is 5.87. The summed E-state index contributed by atoms with van der Waals surface area (Å²) in [6.45, 7) is 16.6. The van der Waals surface area contributed by atoms with E-state index in [0.717, 1.165) is 12.8 Å². The topological polar surface area (TPSA) is 36.9 Å². The number of rotatable bonds is 16. The summed E-state index contributed by atoms with van der Waals surface area (Å²) in [5.74, 6) is 0. The minimum atomic E-state index is -0.0163. The van der Waals surface area contributed by atoms with E-state index in [2.05, 4.69) is 55.4 Å². The molecule has 25 heavy (non-hydrogen) atoms. The molecule has 0 amide bonds. The molecule has 4 nitrogen and oxygen atoms in total. The first-order chi connectivity index (χ1) is 11.7. The first kappa shape index (κ1) is 25.3. The van der Waals surface area contributed by atoms with E-state index in [-0.39, 0.29) is 56.0 Å². The number of hydrogen-bond acceptors (Lipinski definition) is 4. The van der Waals surface area contributed by atoms with Crippen molar-refractivity contribution >= 4 is 19.0 Å². The highest BCUT2D eigenvalue weighted by atomic mass is 28.3. The zero-order chi connectivity index (χ0) is 19.2. The highest BCUT2D eigenvalue weighted by Crippen LogP contribution is 2.13. The maximum absolute atomic E-state index is 5.87. The minimum Gasteiger partial charge on any atom is -0.350 e. The molecular formula is C19H44O4Si2. The fourth-order valence-corrected chi connectivity index (χ4v) is 8.19. The second-order valence-corrected chi connectivity index (χ2v) is 13.6. The number of ether oxygens (including phenoxy) is 4. The van der Waals surface area contributed by atoms with E-state index in [1.807, 2.05) is 0 Å². The zero-order valence-corrected chi connectivity index (χ0v) is 20.9. The van der Waals surface area contributed by atoms with Gasteiger partial charge in [-0.1, -0.05) is 17.8 Å². The van der Waals surface area contributed by atoms with Crippen molar-refractivity contribution in [1.29, 1.82) is 0 Å². The van der Waals surface area contributed by atoms with Crippen molar-refractivity contribution in [3.63, 3.8) is 0 Å². The van der Waals surface area contributed by atoms with Gasteiger partial charge in [-0.3, -0.25) is 0 Å². The highest BCUT2D eigenvalue weighted by Gasteiger charge is 2.14. The van der Waals surface area contributed by atoms with Crippen LogP contribution in [0.1, 0.15) is 68.2 Å². The van der Waals surface area contributed by atoms with Crippen LogP contribution in [0.3, 0.4) is 0 Å². The van der Waals surface area contributed by atoms with E-state index in [9.17, 15) is 0 Å². The summed E-state index contributed by atoms with van der Waals surface area (Å²) in [4.78, 5) is 0. The summed E-state index contributed by atoms with van der Waals surface area (Å²) in [6, 6.07) is 2.65. The van der Waals surface area contributed by atoms with Crippen LogP contribution in [0.15, 0.2) is 0 Å². The van der Waals surface area contributed by atoms with Crippen LogP contribution < -0.4 is 0 Å². The van der Waals surface area contributed by atoms with E-state index >= 15 is 0 Å². The van der Waals surface area contributed by atoms with Gasteiger partial charge in [0.05, 0.1) is 24.4 Å². The largest absolute Gasteiger partial charge is 0.350 e. The molecular weight excluding hydrogens is 348 g/mol. The standard InChI is InChI=1S/C19H44O4Si2/c1-14(2)20-18(21-15(3)4)9-11-24-13-25-12-10-19(22-16(5)6)23-17(7)8/h14-19H,9-13,24-25H2,1-8H3. The van der Waals surface area contributed by atoms with Crippen molar-refractivity contribution in [2.45, 2.75) is 123 Å². The second-order valence-electron chi connectivity index (χ2n) is 7.94. The molecule has 0 fully saturated rings. The summed E-state index contributed by atoms with van der Waals surface area (Å²) in [6.07, 6.45) is 3.03. The van der Waals surface area contributed by atoms with Crippen LogP contribution in [0.2, 0.25) is 17.8 Å². The third-order valence-corrected chi connectivity index (χ3v) is 9.39. The van der Waals surface area contributed by atoms with Crippen LogP contribution in [-0.2, 0) is 18.9 Å². The molecule has 6 heteroatoms. The first-order valence-electron chi connectivity index (χ1n) is 10.3. The third kappa shape index (κ3) is 17.4. The minimum absolute atomic E-state index is 0.0163. The van der Waals surface area contributed by atoms with Crippen molar-refractivity contribution in [3.8, 4) is 0 Å². The lowest BCUT2D eigenvalue weighted by molar-refractivity contribution is -0.181. The predicted octanol–water partition coefficient (Wildman–Crippen LogP) is 3.67. The molecule has 0 heterocycles. The van der Waals surface area contributed by atoms with Crippen LogP contribution in [0.4, 0.5) is 0 Å². The van der Waals surface area contributed by atoms with Gasteiger partial charge in [0, 0.05) is 19.0 Å². The van der Waals surface area contributed by atoms with E-state index in [0.29, 0.717) is 0 Å². The SMILES string of the molecule is CC(C)OC(CC[SiH2]C[SiH2]CCC(OC(C)C)OC(C)C)OC(C)C. The average Bonchev–Trinajstić information content (AvgIpc) is 2.43. The summed E-state index contributed by atoms with van der Waals surface area (Å²) < 4.78 is 23.5. The van der Waals surface area contributed by atoms with Gasteiger partial charge in [0.1, 0.15) is 0 Å². The van der Waals surface area contributed by atoms with E-state index in [1.54, 1.807) is 0 Å². The van der Waals surface area contributed by atoms with Crippen molar-refractivity contribution in [2.75, 3.05) is 0 Å². The molecule has 0 bridgehead atoms. The quantitative estimate of drug-likeness (QED) is 0.228. The van der Waals surface area contributed by atoms with Gasteiger partial charge < -0.3 is 18.9 Å². The lowest BCUT2D eigenvalue weighted by atomic mass is 10.4. The molecule has 0 aromatic carbocycles. The zero-order valence-electron chi connectivity index (χ0n) is 18.0. The maximum Gasteiger partial charge on any atom is 0.157 e. The van der Waals surface area contributed by atoms with Gasteiger partial charge in [0.2, 0.25) is 0 Å². The molecule has 0 radical (unpaired) electrons. The summed E-state index contributed by atoms with van der Waals surface area (Å²) in [5.41, 5.74) is 1.52. The molecule has 152 valence electrons. The van der Waals surface area contributed by atoms with Gasteiger partial charge in [-0.05, 0) is 68.2 Å². The van der Waals surface area contributed by atoms with Gasteiger partial charge in [-0.15, -0.1) is 0 Å². The molecule has 0 aliphatic carbocycles. The van der Waals surface area contributed by atoms with Gasteiger partial charge in [-0.25, -0.2) is 0 Å². The van der Waals surface area contributed by atoms with Gasteiger partial charge in [-0.2, -0.15) is 0 Å². The lowest BCUT2D eigenvalue weighted by Crippen LogP contribution is -2.25. The Balaban J connectivity index is 3.84. The average molecular weight is 393 g/mol. The highest BCUT2D eigenvalue weighted by molar-refractivity contribution is 6.55. The van der Waals surface area contributed by atoms with Gasteiger partial charge in [0.15, 0.2) is 12.6 Å². The molecule has 0 saturated heterocycles. The Labute approximate surface area is 161 Å². The Morgan fingerprint density at radius 3 is 1.04 bits per heavy atom. The molecule has 0 aromatic rings. The van der Waals surface area contributed by atoms with E-state index < -0.39 is 0 Å². The van der Waals surface area contributed by atoms with Crippen LogP contribution in [0.25, 0.3) is 0 Å². The monoisotopic (exact) mass is 392 g/mol. The van der Waals surface area contributed by atoms with Crippen LogP contribution in [0, 0.1) is 0 Å². The smallest absolute Gasteiger partial charge is 0.157 e. The third-order valence-electron chi connectivity index (χ3n) is 3.58. The number of hydrogen-bond donors (Lipinski definition) is 0. The van der Waals surface area contributed by atoms with Crippen molar-refractivity contribution in [1.82, 2.24) is 0 Å².